The van der Waals surface area contributed by atoms with E-state index in [9.17, 15) is 29.1 Å². The first kappa shape index (κ1) is 44.9. The number of carbonyl (C=O) groups is 5. The molecule has 0 spiro atoms. The van der Waals surface area contributed by atoms with Crippen LogP contribution in [0.4, 0.5) is 27.5 Å². The summed E-state index contributed by atoms with van der Waals surface area (Å²) in [7, 11) is 0. The van der Waals surface area contributed by atoms with Crippen LogP contribution < -0.4 is 31.5 Å². The molecule has 0 unspecified atom stereocenters. The van der Waals surface area contributed by atoms with Crippen molar-refractivity contribution >= 4 is 97.9 Å². The van der Waals surface area contributed by atoms with Gasteiger partial charge in [-0.05, 0) is 80.1 Å². The molecule has 20 heteroatoms. The summed E-state index contributed by atoms with van der Waals surface area (Å²) in [6.45, 7) is 10.7. The molecule has 16 nitrogen and oxygen atoms in total. The van der Waals surface area contributed by atoms with Crippen LogP contribution in [0.1, 0.15) is 62.5 Å². The van der Waals surface area contributed by atoms with E-state index in [2.05, 4.69) is 30.8 Å². The van der Waals surface area contributed by atoms with Crippen LogP contribution in [0.15, 0.2) is 82.2 Å². The Balaban J connectivity index is 0.000000193. The second-order valence-electron chi connectivity index (χ2n) is 15.3. The number of nitrogens with one attached hydrogen (secondary N) is 3. The number of aromatic nitrogens is 2. The maximum Gasteiger partial charge on any atom is 0.410 e. The van der Waals surface area contributed by atoms with Gasteiger partial charge in [0.2, 0.25) is 5.91 Å². The fourth-order valence-corrected chi connectivity index (χ4v) is 9.86. The number of hydrogen-bond acceptors (Lipinski definition) is 15. The molecule has 0 saturated carbocycles. The number of ether oxygens (including phenoxy) is 1. The lowest BCUT2D eigenvalue weighted by molar-refractivity contribution is 0.0240. The zero-order valence-electron chi connectivity index (χ0n) is 34.6. The molecule has 4 aromatic heterocycles. The molecular formula is C43H45N9O7S4. The van der Waals surface area contributed by atoms with E-state index in [0.717, 1.165) is 51.6 Å². The highest BCUT2D eigenvalue weighted by Gasteiger charge is 2.28. The number of carboxylic acids is 1. The maximum absolute atomic E-state index is 13.0. The first-order valence-electron chi connectivity index (χ1n) is 19.8. The van der Waals surface area contributed by atoms with E-state index in [1.165, 1.54) is 34.8 Å². The summed E-state index contributed by atoms with van der Waals surface area (Å²) in [5.74, 6) is -2.34. The van der Waals surface area contributed by atoms with Gasteiger partial charge in [-0.25, -0.2) is 19.6 Å². The number of thiophene rings is 2. The van der Waals surface area contributed by atoms with Crippen molar-refractivity contribution in [2.45, 2.75) is 26.4 Å². The molecule has 6 aromatic rings. The highest BCUT2D eigenvalue weighted by molar-refractivity contribution is 7.20. The van der Waals surface area contributed by atoms with Gasteiger partial charge < -0.3 is 46.2 Å². The molecule has 4 amide bonds. The third-order valence-corrected chi connectivity index (χ3v) is 13.5. The fourth-order valence-electron chi connectivity index (χ4n) is 6.63. The van der Waals surface area contributed by atoms with Crippen molar-refractivity contribution in [3.8, 4) is 19.8 Å². The summed E-state index contributed by atoms with van der Waals surface area (Å²) in [4.78, 5) is 78.1. The Morgan fingerprint density at radius 1 is 0.698 bits per heavy atom. The smallest absolute Gasteiger partial charge is 0.410 e. The number of amides is 4. The van der Waals surface area contributed by atoms with Crippen molar-refractivity contribution in [3.05, 3.63) is 105 Å². The van der Waals surface area contributed by atoms with Gasteiger partial charge in [-0.1, -0.05) is 12.1 Å². The first-order chi connectivity index (χ1) is 30.2. The lowest BCUT2D eigenvalue weighted by Crippen LogP contribution is -2.50. The van der Waals surface area contributed by atoms with E-state index in [1.54, 1.807) is 56.5 Å². The average molecular weight is 928 g/mol. The van der Waals surface area contributed by atoms with Crippen LogP contribution in [-0.4, -0.2) is 108 Å². The van der Waals surface area contributed by atoms with Gasteiger partial charge in [0.1, 0.15) is 27.0 Å². The monoisotopic (exact) mass is 927 g/mol. The molecule has 8 rings (SSSR count). The lowest BCUT2D eigenvalue weighted by Gasteiger charge is -2.37. The van der Waals surface area contributed by atoms with E-state index >= 15 is 0 Å². The van der Waals surface area contributed by atoms with Crippen molar-refractivity contribution in [1.29, 1.82) is 0 Å². The lowest BCUT2D eigenvalue weighted by atomic mass is 10.1. The van der Waals surface area contributed by atoms with Gasteiger partial charge >= 0.3 is 12.1 Å². The molecule has 6 heterocycles. The van der Waals surface area contributed by atoms with Crippen LogP contribution in [0.5, 0.6) is 0 Å². The molecule has 0 bridgehead atoms. The van der Waals surface area contributed by atoms with Crippen molar-refractivity contribution in [2.24, 2.45) is 5.73 Å². The standard InChI is InChI=1S/C24H26N4O5S2.C19H19N5O2S2/c1-24(2,3)33-23(32)28-10-8-27(9-11-28)18-7-6-15(22(30)31)13-16(18)25-20(29)17-14-35-21(26-17)19-5-4-12-34-19;20-17(25)12-3-4-15(24-7-5-21-6-8-24)13(10-12)22-18(26)14-11-28-19(23-14)16-2-1-9-27-16/h4-7,12-14H,8-11H2,1-3H3,(H,25,29)(H,30,31);1-4,9-11,21H,5-8H2,(H2,20,25)(H,22,26). The summed E-state index contributed by atoms with van der Waals surface area (Å²) in [6, 6.07) is 17.6. The predicted molar refractivity (Wildman–Crippen MR) is 250 cm³/mol. The Morgan fingerprint density at radius 3 is 1.65 bits per heavy atom. The molecule has 2 aliphatic rings. The Hall–Kier alpha value is -6.19. The zero-order chi connectivity index (χ0) is 44.7. The molecule has 0 atom stereocenters. The summed E-state index contributed by atoms with van der Waals surface area (Å²) in [6.07, 6.45) is -0.364. The van der Waals surface area contributed by atoms with Gasteiger partial charge in [0.05, 0.1) is 38.1 Å². The number of benzene rings is 2. The van der Waals surface area contributed by atoms with E-state index in [4.69, 9.17) is 10.5 Å². The quantitative estimate of drug-likeness (QED) is 0.0904. The Morgan fingerprint density at radius 2 is 1.19 bits per heavy atom. The van der Waals surface area contributed by atoms with Crippen molar-refractivity contribution in [1.82, 2.24) is 20.2 Å². The zero-order valence-corrected chi connectivity index (χ0v) is 37.8. The van der Waals surface area contributed by atoms with Crippen LogP contribution >= 0.6 is 45.3 Å². The van der Waals surface area contributed by atoms with E-state index in [-0.39, 0.29) is 23.3 Å². The number of hydrogen-bond donors (Lipinski definition) is 5. The second-order valence-corrected chi connectivity index (χ2v) is 18.9. The van der Waals surface area contributed by atoms with Crippen LogP contribution in [-0.2, 0) is 4.74 Å². The van der Waals surface area contributed by atoms with Crippen molar-refractivity contribution in [3.63, 3.8) is 0 Å². The summed E-state index contributed by atoms with van der Waals surface area (Å²) in [5, 5.41) is 27.4. The molecule has 0 radical (unpaired) electrons. The highest BCUT2D eigenvalue weighted by atomic mass is 32.1. The van der Waals surface area contributed by atoms with Crippen molar-refractivity contribution < 1.29 is 33.8 Å². The number of primary amides is 1. The van der Waals surface area contributed by atoms with Crippen LogP contribution in [0, 0.1) is 0 Å². The molecule has 2 aliphatic heterocycles. The number of piperazine rings is 2. The van der Waals surface area contributed by atoms with Gasteiger partial charge in [0.15, 0.2) is 0 Å². The van der Waals surface area contributed by atoms with Gasteiger partial charge in [-0.3, -0.25) is 14.4 Å². The Kier molecular flexibility index (Phi) is 14.2. The second kappa shape index (κ2) is 19.9. The van der Waals surface area contributed by atoms with Crippen LogP contribution in [0.25, 0.3) is 19.8 Å². The van der Waals surface area contributed by atoms with Crippen molar-refractivity contribution in [2.75, 3.05) is 72.8 Å². The van der Waals surface area contributed by atoms with E-state index in [0.29, 0.717) is 54.5 Å². The molecular weight excluding hydrogens is 883 g/mol. The maximum atomic E-state index is 13.0. The topological polar surface area (TPSA) is 212 Å². The van der Waals surface area contributed by atoms with E-state index < -0.39 is 23.4 Å². The largest absolute Gasteiger partial charge is 0.478 e. The third kappa shape index (κ3) is 11.4. The summed E-state index contributed by atoms with van der Waals surface area (Å²) in [5.41, 5.74) is 8.38. The molecule has 6 N–H and O–H groups in total. The number of carboxylic acid groups (broad SMARTS) is 1. The minimum atomic E-state index is -1.09. The average Bonchev–Trinajstić information content (AvgIpc) is 4.12. The minimum Gasteiger partial charge on any atom is -0.478 e. The first-order valence-corrected chi connectivity index (χ1v) is 23.4. The molecule has 63 heavy (non-hydrogen) atoms. The Labute approximate surface area is 379 Å². The number of carbonyl (C=O) groups excluding carboxylic acids is 4. The molecule has 2 fully saturated rings. The predicted octanol–water partition coefficient (Wildman–Crippen LogP) is 7.51. The molecule has 2 aromatic carbocycles. The van der Waals surface area contributed by atoms with Crippen LogP contribution in [0.2, 0.25) is 0 Å². The normalized spacial score (nSPS) is 14.0. The molecule has 2 saturated heterocycles. The van der Waals surface area contributed by atoms with Gasteiger partial charge in [-0.2, -0.15) is 0 Å². The number of nitrogens with zero attached hydrogens (tertiary/aromatic N) is 5. The minimum absolute atomic E-state index is 0.0639. The summed E-state index contributed by atoms with van der Waals surface area (Å²) >= 11 is 5.94. The molecule has 328 valence electrons. The number of nitrogens with two attached hydrogens (primary N) is 1. The van der Waals surface area contributed by atoms with E-state index in [1.807, 2.05) is 66.8 Å². The van der Waals surface area contributed by atoms with Gasteiger partial charge in [-0.15, -0.1) is 45.3 Å². The fraction of sp³-hybridized carbons (Fsp3) is 0.279. The summed E-state index contributed by atoms with van der Waals surface area (Å²) < 4.78 is 5.46. The number of rotatable bonds is 10. The Bertz CT molecular complexity index is 2570. The van der Waals surface area contributed by atoms with Crippen LogP contribution in [0.3, 0.4) is 0 Å². The highest BCUT2D eigenvalue weighted by Crippen LogP contribution is 2.33. The SMILES string of the molecule is CC(C)(C)OC(=O)N1CCN(c2ccc(C(=O)O)cc2NC(=O)c2csc(-c3cccs3)n2)CC1.NC(=O)c1ccc(N2CCNCC2)c(NC(=O)c2csc(-c3cccs3)n2)c1. The third-order valence-electron chi connectivity index (χ3n) is 9.69. The van der Waals surface area contributed by atoms with Gasteiger partial charge in [0, 0.05) is 68.7 Å². The van der Waals surface area contributed by atoms with Gasteiger partial charge in [0.25, 0.3) is 11.8 Å². The molecule has 0 aliphatic carbocycles. The number of anilines is 4. The number of aromatic carboxylic acids is 1. The number of thiazole rings is 2.